The Hall–Kier alpha value is -3.22. The van der Waals surface area contributed by atoms with E-state index in [0.717, 1.165) is 5.56 Å². The second-order valence-corrected chi connectivity index (χ2v) is 10.3. The van der Waals surface area contributed by atoms with Crippen LogP contribution < -0.4 is 19.5 Å². The number of carbonyl (C=O) groups excluding carboxylic acids is 1. The lowest BCUT2D eigenvalue weighted by molar-refractivity contribution is -0.119. The number of carbonyl (C=O) groups is 1. The van der Waals surface area contributed by atoms with Gasteiger partial charge in [0.15, 0.2) is 11.5 Å². The highest BCUT2D eigenvalue weighted by Crippen LogP contribution is 2.37. The fourth-order valence-corrected chi connectivity index (χ4v) is 6.18. The first-order chi connectivity index (χ1) is 16.0. The van der Waals surface area contributed by atoms with E-state index in [1.807, 2.05) is 6.07 Å². The zero-order chi connectivity index (χ0) is 23.0. The number of methoxy groups -OCH3 is 1. The Morgan fingerprint density at radius 1 is 1.15 bits per heavy atom. The summed E-state index contributed by atoms with van der Waals surface area (Å²) < 4.78 is 43.3. The van der Waals surface area contributed by atoms with Gasteiger partial charge >= 0.3 is 0 Å². The van der Waals surface area contributed by atoms with Gasteiger partial charge in [0.05, 0.1) is 12.0 Å². The molecule has 1 fully saturated rings. The topological polar surface area (TPSA) is 120 Å². The maximum atomic E-state index is 13.1. The summed E-state index contributed by atoms with van der Waals surface area (Å²) in [5, 5.41) is 11.8. The summed E-state index contributed by atoms with van der Waals surface area (Å²) in [5.41, 5.74) is 0.779. The van der Waals surface area contributed by atoms with Gasteiger partial charge < -0.3 is 14.2 Å². The predicted molar refractivity (Wildman–Crippen MR) is 120 cm³/mol. The van der Waals surface area contributed by atoms with Gasteiger partial charge in [0, 0.05) is 12.1 Å². The lowest BCUT2D eigenvalue weighted by atomic mass is 10.2. The molecule has 33 heavy (non-hydrogen) atoms. The molecule has 1 unspecified atom stereocenters. The zero-order valence-electron chi connectivity index (χ0n) is 17.6. The number of rotatable bonds is 6. The van der Waals surface area contributed by atoms with Crippen LogP contribution in [0.25, 0.3) is 10.6 Å². The molecule has 5 rings (SSSR count). The molecule has 0 bridgehead atoms. The summed E-state index contributed by atoms with van der Waals surface area (Å²) in [7, 11) is -2.33. The molecule has 0 aliphatic carbocycles. The first-order valence-corrected chi connectivity index (χ1v) is 12.4. The van der Waals surface area contributed by atoms with Gasteiger partial charge in [0.1, 0.15) is 16.8 Å². The van der Waals surface area contributed by atoms with E-state index >= 15 is 0 Å². The largest absolute Gasteiger partial charge is 0.497 e. The standard InChI is InChI=1S/C21H20N4O6S2/c1-29-14-5-7-15(8-6-14)33(27,28)25-10-2-3-16(25)19(26)22-21-24-23-20(32-21)13-4-9-17-18(11-13)31-12-30-17/h4-9,11,16H,2-3,10,12H2,1H3,(H,22,24,26). The summed E-state index contributed by atoms with van der Waals surface area (Å²) in [5.74, 6) is 1.41. The van der Waals surface area contributed by atoms with Crippen molar-refractivity contribution in [3.05, 3.63) is 42.5 Å². The second-order valence-electron chi connectivity index (χ2n) is 7.42. The van der Waals surface area contributed by atoms with Crippen molar-refractivity contribution in [2.24, 2.45) is 0 Å². The van der Waals surface area contributed by atoms with E-state index in [2.05, 4.69) is 15.5 Å². The highest BCUT2D eigenvalue weighted by Gasteiger charge is 2.39. The molecule has 1 saturated heterocycles. The molecule has 2 aliphatic heterocycles. The van der Waals surface area contributed by atoms with Crippen molar-refractivity contribution >= 4 is 32.4 Å². The lowest BCUT2D eigenvalue weighted by Crippen LogP contribution is -2.43. The Labute approximate surface area is 194 Å². The van der Waals surface area contributed by atoms with Crippen LogP contribution in [0.3, 0.4) is 0 Å². The summed E-state index contributed by atoms with van der Waals surface area (Å²) >= 11 is 1.20. The van der Waals surface area contributed by atoms with E-state index in [1.165, 1.54) is 34.9 Å². The van der Waals surface area contributed by atoms with Gasteiger partial charge in [-0.2, -0.15) is 4.31 Å². The molecule has 3 heterocycles. The van der Waals surface area contributed by atoms with Crippen LogP contribution in [0, 0.1) is 0 Å². The molecule has 0 spiro atoms. The average Bonchev–Trinajstić information content (AvgIpc) is 3.59. The molecule has 0 radical (unpaired) electrons. The quantitative estimate of drug-likeness (QED) is 0.562. The van der Waals surface area contributed by atoms with Crippen LogP contribution in [0.5, 0.6) is 17.2 Å². The molecule has 2 aliphatic rings. The van der Waals surface area contributed by atoms with Crippen LogP contribution >= 0.6 is 11.3 Å². The van der Waals surface area contributed by atoms with Crippen molar-refractivity contribution in [1.29, 1.82) is 0 Å². The van der Waals surface area contributed by atoms with Gasteiger partial charge in [-0.3, -0.25) is 10.1 Å². The van der Waals surface area contributed by atoms with Crippen molar-refractivity contribution in [2.45, 2.75) is 23.8 Å². The van der Waals surface area contributed by atoms with Crippen LogP contribution in [0.1, 0.15) is 12.8 Å². The monoisotopic (exact) mass is 488 g/mol. The molecule has 3 aromatic rings. The van der Waals surface area contributed by atoms with Crippen LogP contribution in [0.4, 0.5) is 5.13 Å². The summed E-state index contributed by atoms with van der Waals surface area (Å²) in [6.45, 7) is 0.443. The molecular weight excluding hydrogens is 468 g/mol. The highest BCUT2D eigenvalue weighted by molar-refractivity contribution is 7.89. The normalized spacial score (nSPS) is 17.8. The SMILES string of the molecule is COc1ccc(S(=O)(=O)N2CCCC2C(=O)Nc2nnc(-c3ccc4c(c3)OCO4)s2)cc1. The average molecular weight is 489 g/mol. The third-order valence-electron chi connectivity index (χ3n) is 5.45. The Morgan fingerprint density at radius 3 is 2.73 bits per heavy atom. The van der Waals surface area contributed by atoms with Crippen molar-refractivity contribution in [3.63, 3.8) is 0 Å². The minimum atomic E-state index is -3.84. The van der Waals surface area contributed by atoms with Crippen LogP contribution in [-0.4, -0.2) is 55.3 Å². The van der Waals surface area contributed by atoms with E-state index in [9.17, 15) is 13.2 Å². The molecule has 172 valence electrons. The first-order valence-electron chi connectivity index (χ1n) is 10.2. The number of hydrogen-bond donors (Lipinski definition) is 1. The number of fused-ring (bicyclic) bond motifs is 1. The smallest absolute Gasteiger partial charge is 0.244 e. The number of benzene rings is 2. The molecule has 1 aromatic heterocycles. The van der Waals surface area contributed by atoms with Crippen LogP contribution in [-0.2, 0) is 14.8 Å². The van der Waals surface area contributed by atoms with E-state index in [-0.39, 0.29) is 18.2 Å². The maximum Gasteiger partial charge on any atom is 0.244 e. The fraction of sp³-hybridized carbons (Fsp3) is 0.286. The minimum absolute atomic E-state index is 0.115. The number of ether oxygens (including phenoxy) is 3. The summed E-state index contributed by atoms with van der Waals surface area (Å²) in [4.78, 5) is 13.1. The minimum Gasteiger partial charge on any atom is -0.497 e. The molecule has 12 heteroatoms. The first kappa shape index (κ1) is 21.6. The van der Waals surface area contributed by atoms with Crippen LogP contribution in [0.15, 0.2) is 47.4 Å². The molecule has 1 N–H and O–H groups in total. The molecule has 0 saturated carbocycles. The number of nitrogens with one attached hydrogen (secondary N) is 1. The van der Waals surface area contributed by atoms with Gasteiger partial charge in [-0.15, -0.1) is 10.2 Å². The van der Waals surface area contributed by atoms with E-state index in [1.54, 1.807) is 24.3 Å². The van der Waals surface area contributed by atoms with Crippen molar-refractivity contribution < 1.29 is 27.4 Å². The third kappa shape index (κ3) is 4.12. The number of anilines is 1. The molecule has 1 amide bonds. The van der Waals surface area contributed by atoms with Crippen molar-refractivity contribution in [2.75, 3.05) is 25.8 Å². The van der Waals surface area contributed by atoms with Crippen LogP contribution in [0.2, 0.25) is 0 Å². The summed E-state index contributed by atoms with van der Waals surface area (Å²) in [6.07, 6.45) is 1.01. The van der Waals surface area contributed by atoms with Gasteiger partial charge in [-0.05, 0) is 55.3 Å². The van der Waals surface area contributed by atoms with E-state index in [0.29, 0.717) is 40.2 Å². The van der Waals surface area contributed by atoms with Crippen molar-refractivity contribution in [3.8, 4) is 27.8 Å². The number of hydrogen-bond acceptors (Lipinski definition) is 9. The predicted octanol–water partition coefficient (Wildman–Crippen LogP) is 2.73. The summed E-state index contributed by atoms with van der Waals surface area (Å²) in [6, 6.07) is 10.7. The Kier molecular flexibility index (Phi) is 5.64. The zero-order valence-corrected chi connectivity index (χ0v) is 19.2. The van der Waals surface area contributed by atoms with E-state index < -0.39 is 22.0 Å². The Morgan fingerprint density at radius 2 is 1.94 bits per heavy atom. The second kappa shape index (κ2) is 8.61. The fourth-order valence-electron chi connectivity index (χ4n) is 3.78. The van der Waals surface area contributed by atoms with Crippen molar-refractivity contribution in [1.82, 2.24) is 14.5 Å². The van der Waals surface area contributed by atoms with Gasteiger partial charge in [-0.1, -0.05) is 11.3 Å². The van der Waals surface area contributed by atoms with Gasteiger partial charge in [-0.25, -0.2) is 8.42 Å². The Balaban J connectivity index is 1.31. The van der Waals surface area contributed by atoms with E-state index in [4.69, 9.17) is 14.2 Å². The lowest BCUT2D eigenvalue weighted by Gasteiger charge is -2.23. The Bertz CT molecular complexity index is 1290. The number of nitrogens with zero attached hydrogens (tertiary/aromatic N) is 3. The molecule has 2 aromatic carbocycles. The maximum absolute atomic E-state index is 13.1. The van der Waals surface area contributed by atoms with Gasteiger partial charge in [0.2, 0.25) is 27.9 Å². The number of sulfonamides is 1. The molecule has 1 atom stereocenters. The third-order valence-corrected chi connectivity index (χ3v) is 8.26. The molecular formula is C21H20N4O6S2. The number of aromatic nitrogens is 2. The number of amides is 1. The van der Waals surface area contributed by atoms with Gasteiger partial charge in [0.25, 0.3) is 0 Å². The highest BCUT2D eigenvalue weighted by atomic mass is 32.2. The molecule has 10 nitrogen and oxygen atoms in total.